The zero-order chi connectivity index (χ0) is 10.4. The molecule has 0 bridgehead atoms. The van der Waals surface area contributed by atoms with Gasteiger partial charge in [-0.05, 0) is 34.7 Å². The van der Waals surface area contributed by atoms with Gasteiger partial charge in [0.05, 0.1) is 0 Å². The fraction of sp³-hybridized carbons (Fsp3) is 0.167. The topological polar surface area (TPSA) is 0 Å². The van der Waals surface area contributed by atoms with E-state index in [0.29, 0.717) is 0 Å². The standard InChI is InChI=1S/C12H9Cl2P/c13-15(14)11-7-6-9-5-4-8-2-1-3-10(11)12(8)9/h1-3,6-7H,4-5H2. The lowest BCUT2D eigenvalue weighted by atomic mass is 10.1. The summed E-state index contributed by atoms with van der Waals surface area (Å²) in [5.41, 5.74) is 2.88. The predicted molar refractivity (Wildman–Crippen MR) is 69.6 cm³/mol. The highest BCUT2D eigenvalue weighted by Gasteiger charge is 2.17. The maximum atomic E-state index is 6.04. The molecule has 2 aromatic rings. The molecule has 0 spiro atoms. The molecule has 0 fully saturated rings. The number of rotatable bonds is 1. The van der Waals surface area contributed by atoms with Crippen LogP contribution in [0.4, 0.5) is 0 Å². The number of aryl methyl sites for hydroxylation is 2. The minimum absolute atomic E-state index is 1.05. The largest absolute Gasteiger partial charge is 0.117 e. The molecule has 0 amide bonds. The highest BCUT2D eigenvalue weighted by molar-refractivity contribution is 8.09. The van der Waals surface area contributed by atoms with Crippen molar-refractivity contribution in [3.05, 3.63) is 41.5 Å². The van der Waals surface area contributed by atoms with Crippen molar-refractivity contribution in [1.82, 2.24) is 0 Å². The summed E-state index contributed by atoms with van der Waals surface area (Å²) in [6, 6.07) is 10.7. The molecular weight excluding hydrogens is 246 g/mol. The van der Waals surface area contributed by atoms with Gasteiger partial charge in [0.2, 0.25) is 0 Å². The lowest BCUT2D eigenvalue weighted by molar-refractivity contribution is 1.02. The van der Waals surface area contributed by atoms with Crippen LogP contribution < -0.4 is 5.30 Å². The third kappa shape index (κ3) is 1.47. The molecule has 0 aromatic heterocycles. The highest BCUT2D eigenvalue weighted by Crippen LogP contribution is 2.48. The molecule has 0 nitrogen and oxygen atoms in total. The summed E-state index contributed by atoms with van der Waals surface area (Å²) in [6.45, 7) is -1.05. The van der Waals surface area contributed by atoms with E-state index in [0.717, 1.165) is 18.1 Å². The Morgan fingerprint density at radius 2 is 1.67 bits per heavy atom. The Labute approximate surface area is 99.5 Å². The molecule has 0 saturated carbocycles. The van der Waals surface area contributed by atoms with Crippen LogP contribution in [0.2, 0.25) is 0 Å². The number of hydrogen-bond donors (Lipinski definition) is 0. The molecule has 2 aromatic carbocycles. The van der Waals surface area contributed by atoms with Crippen molar-refractivity contribution >= 4 is 45.2 Å². The Kier molecular flexibility index (Phi) is 2.39. The van der Waals surface area contributed by atoms with Crippen LogP contribution >= 0.6 is 29.1 Å². The SMILES string of the molecule is ClP(Cl)c1ccc2c3c(cccc13)CC2. The van der Waals surface area contributed by atoms with Crippen molar-refractivity contribution in [2.24, 2.45) is 0 Å². The van der Waals surface area contributed by atoms with Crippen LogP contribution in [0.15, 0.2) is 30.3 Å². The van der Waals surface area contributed by atoms with Crippen molar-refractivity contribution in [1.29, 1.82) is 0 Å². The molecule has 0 atom stereocenters. The van der Waals surface area contributed by atoms with Crippen LogP contribution in [0.5, 0.6) is 0 Å². The Bertz CT molecular complexity index is 524. The number of hydrogen-bond acceptors (Lipinski definition) is 0. The van der Waals surface area contributed by atoms with Crippen LogP contribution in [0.25, 0.3) is 10.8 Å². The number of halogens is 2. The first-order valence-electron chi connectivity index (χ1n) is 4.92. The van der Waals surface area contributed by atoms with Crippen LogP contribution in [0.3, 0.4) is 0 Å². The van der Waals surface area contributed by atoms with Crippen LogP contribution in [-0.4, -0.2) is 0 Å². The first-order valence-corrected chi connectivity index (χ1v) is 8.08. The van der Waals surface area contributed by atoms with Crippen molar-refractivity contribution in [3.8, 4) is 0 Å². The maximum Gasteiger partial charge on any atom is 0.117 e. The van der Waals surface area contributed by atoms with Gasteiger partial charge < -0.3 is 0 Å². The van der Waals surface area contributed by atoms with Gasteiger partial charge in [0.25, 0.3) is 0 Å². The van der Waals surface area contributed by atoms with E-state index in [4.69, 9.17) is 22.5 Å². The van der Waals surface area contributed by atoms with Gasteiger partial charge >= 0.3 is 0 Å². The van der Waals surface area contributed by atoms with Gasteiger partial charge in [0.15, 0.2) is 0 Å². The smallest absolute Gasteiger partial charge is 0.0727 e. The van der Waals surface area contributed by atoms with Gasteiger partial charge in [-0.2, -0.15) is 0 Å². The molecule has 0 saturated heterocycles. The second-order valence-electron chi connectivity index (χ2n) is 3.82. The fourth-order valence-electron chi connectivity index (χ4n) is 2.38. The zero-order valence-corrected chi connectivity index (χ0v) is 10.4. The molecule has 1 aliphatic carbocycles. The third-order valence-electron chi connectivity index (χ3n) is 3.04. The van der Waals surface area contributed by atoms with Crippen molar-refractivity contribution in [3.63, 3.8) is 0 Å². The summed E-state index contributed by atoms with van der Waals surface area (Å²) >= 11 is 12.1. The van der Waals surface area contributed by atoms with E-state index in [1.54, 1.807) is 0 Å². The molecule has 0 radical (unpaired) electrons. The Balaban J connectivity index is 2.43. The average molecular weight is 255 g/mol. The van der Waals surface area contributed by atoms with E-state index in [2.05, 4.69) is 30.3 Å². The minimum atomic E-state index is -1.05. The van der Waals surface area contributed by atoms with Crippen LogP contribution in [0, 0.1) is 0 Å². The molecular formula is C12H9Cl2P. The fourth-order valence-corrected chi connectivity index (χ4v) is 3.82. The first-order chi connectivity index (χ1) is 7.27. The summed E-state index contributed by atoms with van der Waals surface area (Å²) in [5.74, 6) is 0. The van der Waals surface area contributed by atoms with Gasteiger partial charge in [-0.3, -0.25) is 0 Å². The monoisotopic (exact) mass is 254 g/mol. The normalized spacial score (nSPS) is 14.1. The molecule has 15 heavy (non-hydrogen) atoms. The van der Waals surface area contributed by atoms with Gasteiger partial charge in [-0.1, -0.05) is 52.8 Å². The second-order valence-corrected chi connectivity index (χ2v) is 7.31. The molecule has 0 unspecified atom stereocenters. The summed E-state index contributed by atoms with van der Waals surface area (Å²) in [4.78, 5) is 0. The van der Waals surface area contributed by atoms with E-state index in [1.165, 1.54) is 21.9 Å². The van der Waals surface area contributed by atoms with E-state index >= 15 is 0 Å². The molecule has 76 valence electrons. The van der Waals surface area contributed by atoms with Crippen molar-refractivity contribution in [2.45, 2.75) is 12.8 Å². The molecule has 3 rings (SSSR count). The van der Waals surface area contributed by atoms with Gasteiger partial charge in [-0.25, -0.2) is 0 Å². The van der Waals surface area contributed by atoms with Gasteiger partial charge in [0, 0.05) is 5.30 Å². The molecule has 1 aliphatic rings. The second kappa shape index (κ2) is 3.63. The summed E-state index contributed by atoms with van der Waals surface area (Å²) in [6.07, 6.45) is 2.30. The van der Waals surface area contributed by atoms with E-state index in [1.807, 2.05) is 0 Å². The van der Waals surface area contributed by atoms with Crippen LogP contribution in [0.1, 0.15) is 11.1 Å². The van der Waals surface area contributed by atoms with E-state index < -0.39 is 6.63 Å². The summed E-state index contributed by atoms with van der Waals surface area (Å²) < 4.78 is 0. The summed E-state index contributed by atoms with van der Waals surface area (Å²) in [7, 11) is 0. The maximum absolute atomic E-state index is 6.04. The van der Waals surface area contributed by atoms with Gasteiger partial charge in [0.1, 0.15) is 6.63 Å². The molecule has 0 aliphatic heterocycles. The lowest BCUT2D eigenvalue weighted by Gasteiger charge is -2.08. The molecule has 0 N–H and O–H groups in total. The Morgan fingerprint density at radius 3 is 2.40 bits per heavy atom. The predicted octanol–water partition coefficient (Wildman–Crippen LogP) is 4.35. The Morgan fingerprint density at radius 1 is 0.933 bits per heavy atom. The summed E-state index contributed by atoms with van der Waals surface area (Å²) in [5, 5.41) is 3.73. The molecule has 0 heterocycles. The van der Waals surface area contributed by atoms with E-state index in [9.17, 15) is 0 Å². The first kappa shape index (κ1) is 9.90. The van der Waals surface area contributed by atoms with Crippen LogP contribution in [-0.2, 0) is 12.8 Å². The highest BCUT2D eigenvalue weighted by atomic mass is 35.9. The van der Waals surface area contributed by atoms with Gasteiger partial charge in [-0.15, -0.1) is 0 Å². The van der Waals surface area contributed by atoms with Crippen molar-refractivity contribution in [2.75, 3.05) is 0 Å². The quantitative estimate of drug-likeness (QED) is 0.664. The van der Waals surface area contributed by atoms with Crippen molar-refractivity contribution < 1.29 is 0 Å². The zero-order valence-electron chi connectivity index (χ0n) is 8.00. The lowest BCUT2D eigenvalue weighted by Crippen LogP contribution is -1.97. The molecule has 3 heteroatoms. The number of benzene rings is 2. The third-order valence-corrected chi connectivity index (χ3v) is 4.88. The van der Waals surface area contributed by atoms with E-state index in [-0.39, 0.29) is 0 Å². The Hall–Kier alpha value is -0.290. The minimum Gasteiger partial charge on any atom is -0.0727 e. The average Bonchev–Trinajstić information content (AvgIpc) is 2.64.